The number of benzene rings is 3. The van der Waals surface area contributed by atoms with Crippen molar-refractivity contribution >= 4 is 50.1 Å². The number of pyridine rings is 1. The van der Waals surface area contributed by atoms with E-state index < -0.39 is 5.82 Å². The van der Waals surface area contributed by atoms with E-state index in [1.807, 2.05) is 30.3 Å². The molecule has 4 saturated heterocycles. The summed E-state index contributed by atoms with van der Waals surface area (Å²) >= 11 is 7.09. The highest BCUT2D eigenvalue weighted by Crippen LogP contribution is 2.49. The number of phenols is 1. The van der Waals surface area contributed by atoms with E-state index in [2.05, 4.69) is 39.1 Å². The van der Waals surface area contributed by atoms with Crippen LogP contribution in [-0.2, 0) is 6.42 Å². The molecule has 3 N–H and O–H groups in total. The largest absolute Gasteiger partial charge is 0.508 e. The molecule has 2 bridgehead atoms. The van der Waals surface area contributed by atoms with Gasteiger partial charge in [0.2, 0.25) is 0 Å². The molecule has 3 aromatic carbocycles. The van der Waals surface area contributed by atoms with Gasteiger partial charge in [-0.25, -0.2) is 14.4 Å². The SMILES string of the molecule is CN(C)C1CN(c2nc3c(F)c(-c4cc(O)cc5ccccc45)c(Cl)cc3c3c2nc(CC2CCNCC2)n3C2C3CNC2C3)C1. The number of nitrogens with zero attached hydrogens (tertiary/aromatic N) is 5. The second kappa shape index (κ2) is 10.8. The maximum atomic E-state index is 17.2. The van der Waals surface area contributed by atoms with Crippen molar-refractivity contribution in [1.29, 1.82) is 0 Å². The molecule has 10 heteroatoms. The van der Waals surface area contributed by atoms with E-state index in [0.717, 1.165) is 91.9 Å². The number of anilines is 1. The zero-order valence-electron chi connectivity index (χ0n) is 26.2. The topological polar surface area (TPSA) is 81.5 Å². The number of aromatic hydroxyl groups is 1. The second-order valence-electron chi connectivity index (χ2n) is 14.1. The van der Waals surface area contributed by atoms with Crippen LogP contribution in [0.3, 0.4) is 0 Å². The van der Waals surface area contributed by atoms with Crippen molar-refractivity contribution in [2.24, 2.45) is 11.8 Å². The van der Waals surface area contributed by atoms with Crippen molar-refractivity contribution in [3.05, 3.63) is 59.1 Å². The summed E-state index contributed by atoms with van der Waals surface area (Å²) < 4.78 is 19.7. The van der Waals surface area contributed by atoms with Gasteiger partial charge in [0.05, 0.1) is 16.6 Å². The van der Waals surface area contributed by atoms with Gasteiger partial charge >= 0.3 is 0 Å². The summed E-state index contributed by atoms with van der Waals surface area (Å²) in [4.78, 5) is 15.0. The maximum absolute atomic E-state index is 17.2. The Morgan fingerprint density at radius 1 is 1.04 bits per heavy atom. The van der Waals surface area contributed by atoms with Gasteiger partial charge in [-0.1, -0.05) is 35.9 Å². The molecule has 8 nitrogen and oxygen atoms in total. The predicted octanol–water partition coefficient (Wildman–Crippen LogP) is 5.73. The third-order valence-corrected chi connectivity index (χ3v) is 11.5. The summed E-state index contributed by atoms with van der Waals surface area (Å²) in [6, 6.07) is 14.0. The first-order valence-corrected chi connectivity index (χ1v) is 17.0. The van der Waals surface area contributed by atoms with Gasteiger partial charge in [-0.2, -0.15) is 0 Å². The lowest BCUT2D eigenvalue weighted by Gasteiger charge is -2.43. The van der Waals surface area contributed by atoms with E-state index in [-0.39, 0.29) is 17.4 Å². The normalized spacial score (nSPS) is 23.6. The van der Waals surface area contributed by atoms with E-state index in [4.69, 9.17) is 21.6 Å². The summed E-state index contributed by atoms with van der Waals surface area (Å²) in [6.07, 6.45) is 4.32. The summed E-state index contributed by atoms with van der Waals surface area (Å²) in [5.41, 5.74) is 2.93. The molecule has 5 aromatic rings. The second-order valence-corrected chi connectivity index (χ2v) is 14.5. The Balaban J connectivity index is 1.31. The number of hydrogen-bond donors (Lipinski definition) is 3. The van der Waals surface area contributed by atoms with Gasteiger partial charge in [0.25, 0.3) is 0 Å². The molecule has 4 aliphatic heterocycles. The summed E-state index contributed by atoms with van der Waals surface area (Å²) in [5, 5.41) is 20.5. The highest BCUT2D eigenvalue weighted by molar-refractivity contribution is 6.35. The van der Waals surface area contributed by atoms with Crippen LogP contribution < -0.4 is 15.5 Å². The fourth-order valence-electron chi connectivity index (χ4n) is 8.52. The Morgan fingerprint density at radius 3 is 2.59 bits per heavy atom. The third kappa shape index (κ3) is 4.35. The molecule has 238 valence electrons. The smallest absolute Gasteiger partial charge is 0.158 e. The quantitative estimate of drug-likeness (QED) is 0.219. The molecule has 5 fully saturated rings. The van der Waals surface area contributed by atoms with Crippen LogP contribution in [0.2, 0.25) is 5.02 Å². The van der Waals surface area contributed by atoms with E-state index in [1.54, 1.807) is 12.1 Å². The van der Waals surface area contributed by atoms with Crippen LogP contribution in [0.15, 0.2) is 42.5 Å². The van der Waals surface area contributed by atoms with Crippen molar-refractivity contribution < 1.29 is 9.50 Å². The number of halogens is 2. The van der Waals surface area contributed by atoms with Gasteiger partial charge in [0.1, 0.15) is 22.6 Å². The number of imidazole rings is 1. The lowest BCUT2D eigenvalue weighted by atomic mass is 9.79. The van der Waals surface area contributed by atoms with E-state index in [9.17, 15) is 5.11 Å². The first-order chi connectivity index (χ1) is 22.4. The van der Waals surface area contributed by atoms with Gasteiger partial charge in [-0.05, 0) is 92.8 Å². The Morgan fingerprint density at radius 2 is 1.85 bits per heavy atom. The summed E-state index contributed by atoms with van der Waals surface area (Å²) in [5.74, 6) is 2.52. The minimum atomic E-state index is -0.464. The van der Waals surface area contributed by atoms with Gasteiger partial charge in [-0.15, -0.1) is 0 Å². The highest BCUT2D eigenvalue weighted by Gasteiger charge is 2.49. The molecule has 1 aliphatic carbocycles. The van der Waals surface area contributed by atoms with E-state index in [1.165, 1.54) is 0 Å². The number of piperidine rings is 1. The van der Waals surface area contributed by atoms with E-state index in [0.29, 0.717) is 45.4 Å². The van der Waals surface area contributed by atoms with Gasteiger partial charge in [-0.3, -0.25) is 0 Å². The summed E-state index contributed by atoms with van der Waals surface area (Å²) in [7, 11) is 4.20. The van der Waals surface area contributed by atoms with Crippen LogP contribution in [0.1, 0.15) is 31.1 Å². The van der Waals surface area contributed by atoms with Crippen LogP contribution in [0.5, 0.6) is 5.75 Å². The third-order valence-electron chi connectivity index (χ3n) is 11.2. The van der Waals surface area contributed by atoms with Crippen LogP contribution in [0, 0.1) is 17.7 Å². The molecule has 0 spiro atoms. The minimum absolute atomic E-state index is 0.0669. The zero-order valence-corrected chi connectivity index (χ0v) is 27.0. The van der Waals surface area contributed by atoms with Gasteiger partial charge < -0.3 is 30.1 Å². The number of fused-ring (bicyclic) bond motifs is 5. The Kier molecular flexibility index (Phi) is 6.72. The molecule has 2 aromatic heterocycles. The van der Waals surface area contributed by atoms with Crippen molar-refractivity contribution in [2.75, 3.05) is 51.7 Å². The molecular weight excluding hydrogens is 601 g/mol. The highest BCUT2D eigenvalue weighted by atomic mass is 35.5. The van der Waals surface area contributed by atoms with E-state index >= 15 is 4.39 Å². The molecule has 46 heavy (non-hydrogen) atoms. The molecule has 3 unspecified atom stereocenters. The van der Waals surface area contributed by atoms with Gasteiger partial charge in [0.15, 0.2) is 11.6 Å². The monoisotopic (exact) mass is 639 g/mol. The Hall–Kier alpha value is -3.50. The molecule has 0 radical (unpaired) electrons. The fourth-order valence-corrected chi connectivity index (χ4v) is 8.82. The standard InChI is InChI=1S/C36H39ClFN7O/c1-43(2)22-17-44(18-22)36-33-35(45(34-21-13-28(34)40-16-21)29(41-33)11-19-7-9-39-10-8-19)26-15-27(37)30(31(38)32(26)42-36)25-14-23(46)12-20-5-3-4-6-24(20)25/h3-6,12,14-15,19,21-22,28,34,39-40,46H,7-11,13,16-18H2,1-2H3. The lowest BCUT2D eigenvalue weighted by molar-refractivity contribution is 0.217. The fraction of sp³-hybridized carbons (Fsp3) is 0.444. The Labute approximate surface area is 272 Å². The molecule has 0 amide bonds. The molecule has 3 atom stereocenters. The first kappa shape index (κ1) is 28.7. The number of nitrogens with one attached hydrogen (secondary N) is 2. The average molecular weight is 640 g/mol. The molecular formula is C36H39ClFN7O. The summed E-state index contributed by atoms with van der Waals surface area (Å²) in [6.45, 7) is 4.69. The van der Waals surface area contributed by atoms with Crippen LogP contribution in [0.4, 0.5) is 10.2 Å². The van der Waals surface area contributed by atoms with Crippen molar-refractivity contribution in [3.8, 4) is 16.9 Å². The first-order valence-electron chi connectivity index (χ1n) is 16.7. The van der Waals surface area contributed by atoms with Crippen molar-refractivity contribution in [2.45, 2.75) is 43.8 Å². The number of rotatable bonds is 6. The van der Waals surface area contributed by atoms with Crippen LogP contribution >= 0.6 is 11.6 Å². The predicted molar refractivity (Wildman–Crippen MR) is 183 cm³/mol. The molecule has 10 rings (SSSR count). The maximum Gasteiger partial charge on any atom is 0.158 e. The molecule has 6 heterocycles. The zero-order chi connectivity index (χ0) is 31.3. The minimum Gasteiger partial charge on any atom is -0.508 e. The number of aromatic nitrogens is 3. The lowest BCUT2D eigenvalue weighted by Crippen LogP contribution is -2.57. The van der Waals surface area contributed by atoms with Gasteiger partial charge in [0, 0.05) is 49.1 Å². The number of hydrogen-bond acceptors (Lipinski definition) is 7. The van der Waals surface area contributed by atoms with Crippen molar-refractivity contribution in [3.63, 3.8) is 0 Å². The van der Waals surface area contributed by atoms with Crippen molar-refractivity contribution in [1.82, 2.24) is 30.1 Å². The van der Waals surface area contributed by atoms with Crippen LogP contribution in [0.25, 0.3) is 43.8 Å². The number of phenolic OH excluding ortho intramolecular Hbond substituents is 1. The molecule has 1 saturated carbocycles. The van der Waals surface area contributed by atoms with Crippen LogP contribution in [-0.4, -0.2) is 83.4 Å². The number of likely N-dealkylation sites (N-methyl/N-ethyl adjacent to an activating group) is 1. The Bertz CT molecular complexity index is 2000. The average Bonchev–Trinajstić information content (AvgIpc) is 3.74. The molecule has 5 aliphatic rings.